The van der Waals surface area contributed by atoms with Crippen molar-refractivity contribution < 1.29 is 9.84 Å². The van der Waals surface area contributed by atoms with Crippen LogP contribution in [0.25, 0.3) is 0 Å². The molecule has 0 aliphatic carbocycles. The highest BCUT2D eigenvalue weighted by Crippen LogP contribution is 2.32. The Morgan fingerprint density at radius 2 is 2.04 bits per heavy atom. The van der Waals surface area contributed by atoms with Crippen molar-refractivity contribution in [2.75, 3.05) is 39.5 Å². The van der Waals surface area contributed by atoms with E-state index >= 15 is 0 Å². The first-order chi connectivity index (χ1) is 12.1. The summed E-state index contributed by atoms with van der Waals surface area (Å²) in [5, 5.41) is 17.3. The molecule has 1 heterocycles. The Labute approximate surface area is 182 Å². The van der Waals surface area contributed by atoms with E-state index in [1.54, 1.807) is 0 Å². The first-order valence-corrected chi connectivity index (χ1v) is 9.49. The maximum Gasteiger partial charge on any atom is 0.191 e. The molecule has 0 bridgehead atoms. The number of ether oxygens (including phenoxy) is 1. The van der Waals surface area contributed by atoms with Crippen LogP contribution < -0.4 is 10.6 Å². The summed E-state index contributed by atoms with van der Waals surface area (Å²) in [5.74, 6) is 0.759. The van der Waals surface area contributed by atoms with Gasteiger partial charge < -0.3 is 20.5 Å². The molecule has 1 aromatic rings. The Balaban J connectivity index is 0.00000338. The van der Waals surface area contributed by atoms with Crippen molar-refractivity contribution in [2.24, 2.45) is 10.4 Å². The van der Waals surface area contributed by atoms with Crippen LogP contribution in [0.2, 0.25) is 10.0 Å². The second-order valence-corrected chi connectivity index (χ2v) is 7.16. The van der Waals surface area contributed by atoms with E-state index in [2.05, 4.69) is 10.6 Å². The topological polar surface area (TPSA) is 65.9 Å². The average Bonchev–Trinajstić information content (AvgIpc) is 3.04. The molecular weight excluding hydrogens is 488 g/mol. The van der Waals surface area contributed by atoms with Crippen molar-refractivity contribution in [3.8, 4) is 0 Å². The lowest BCUT2D eigenvalue weighted by atomic mass is 9.84. The molecule has 1 aromatic carbocycles. The SMILES string of the molecule is CCNC(=NCC1(CCO)CCOC1)NCCc1c(Cl)cccc1Cl.I. The zero-order valence-corrected chi connectivity index (χ0v) is 18.9. The van der Waals surface area contributed by atoms with Gasteiger partial charge >= 0.3 is 0 Å². The number of rotatable bonds is 8. The number of nitrogens with one attached hydrogen (secondary N) is 2. The van der Waals surface area contributed by atoms with E-state index < -0.39 is 0 Å². The fourth-order valence-corrected chi connectivity index (χ4v) is 3.54. The predicted octanol–water partition coefficient (Wildman–Crippen LogP) is 3.50. The van der Waals surface area contributed by atoms with Gasteiger partial charge in [-0.2, -0.15) is 0 Å². The lowest BCUT2D eigenvalue weighted by molar-refractivity contribution is 0.131. The van der Waals surface area contributed by atoms with E-state index in [1.165, 1.54) is 0 Å². The number of hydrogen-bond donors (Lipinski definition) is 3. The van der Waals surface area contributed by atoms with E-state index in [0.717, 1.165) is 31.1 Å². The lowest BCUT2D eigenvalue weighted by Gasteiger charge is -2.24. The van der Waals surface area contributed by atoms with Crippen molar-refractivity contribution in [2.45, 2.75) is 26.2 Å². The van der Waals surface area contributed by atoms with Gasteiger partial charge in [0.1, 0.15) is 0 Å². The smallest absolute Gasteiger partial charge is 0.191 e. The first kappa shape index (κ1) is 23.8. The van der Waals surface area contributed by atoms with E-state index in [9.17, 15) is 5.11 Å². The minimum atomic E-state index is -0.0524. The van der Waals surface area contributed by atoms with Gasteiger partial charge in [-0.05, 0) is 43.9 Å². The molecule has 3 N–H and O–H groups in total. The molecule has 1 saturated heterocycles. The summed E-state index contributed by atoms with van der Waals surface area (Å²) < 4.78 is 5.52. The van der Waals surface area contributed by atoms with Crippen LogP contribution in [0, 0.1) is 5.41 Å². The first-order valence-electron chi connectivity index (χ1n) is 8.74. The zero-order valence-electron chi connectivity index (χ0n) is 15.1. The van der Waals surface area contributed by atoms with Gasteiger partial charge in [-0.3, -0.25) is 4.99 Å². The van der Waals surface area contributed by atoms with E-state index in [1.807, 2.05) is 25.1 Å². The van der Waals surface area contributed by atoms with E-state index in [0.29, 0.717) is 42.6 Å². The molecule has 8 heteroatoms. The standard InChI is InChI=1S/C18H27Cl2N3O2.HI/c1-2-21-17(23-12-18(7-10-24)8-11-25-13-18)22-9-6-14-15(19)4-3-5-16(14)20;/h3-5,24H,2,6-13H2,1H3,(H2,21,22,23);1H. The van der Waals surface area contributed by atoms with Gasteiger partial charge in [0.2, 0.25) is 0 Å². The number of aliphatic hydroxyl groups is 1. The summed E-state index contributed by atoms with van der Waals surface area (Å²) >= 11 is 12.4. The molecule has 0 spiro atoms. The maximum absolute atomic E-state index is 9.32. The lowest BCUT2D eigenvalue weighted by Crippen LogP contribution is -2.39. The Bertz CT molecular complexity index is 561. The Hall–Kier alpha value is -0.280. The molecule has 26 heavy (non-hydrogen) atoms. The number of aliphatic imine (C=N–C) groups is 1. The highest BCUT2D eigenvalue weighted by molar-refractivity contribution is 14.0. The molecule has 148 valence electrons. The predicted molar refractivity (Wildman–Crippen MR) is 119 cm³/mol. The number of nitrogens with zero attached hydrogens (tertiary/aromatic N) is 1. The summed E-state index contributed by atoms with van der Waals surface area (Å²) in [5.41, 5.74) is 0.887. The van der Waals surface area contributed by atoms with Crippen LogP contribution in [0.15, 0.2) is 23.2 Å². The minimum Gasteiger partial charge on any atom is -0.396 e. The zero-order chi connectivity index (χ0) is 18.1. The molecular formula is C18H28Cl2IN3O2. The van der Waals surface area contributed by atoms with Crippen LogP contribution in [0.5, 0.6) is 0 Å². The Morgan fingerprint density at radius 1 is 1.31 bits per heavy atom. The third kappa shape index (κ3) is 7.03. The van der Waals surface area contributed by atoms with E-state index in [4.69, 9.17) is 32.9 Å². The van der Waals surface area contributed by atoms with Crippen LogP contribution in [-0.2, 0) is 11.2 Å². The van der Waals surface area contributed by atoms with Crippen LogP contribution in [-0.4, -0.2) is 50.5 Å². The molecule has 0 saturated carbocycles. The third-order valence-corrected chi connectivity index (χ3v) is 5.18. The van der Waals surface area contributed by atoms with Crippen molar-refractivity contribution in [1.82, 2.24) is 10.6 Å². The van der Waals surface area contributed by atoms with Gasteiger partial charge in [0.15, 0.2) is 5.96 Å². The molecule has 5 nitrogen and oxygen atoms in total. The highest BCUT2D eigenvalue weighted by Gasteiger charge is 2.34. The van der Waals surface area contributed by atoms with Crippen LogP contribution >= 0.6 is 47.2 Å². The van der Waals surface area contributed by atoms with Crippen LogP contribution in [0.4, 0.5) is 0 Å². The van der Waals surface area contributed by atoms with Gasteiger partial charge in [-0.25, -0.2) is 0 Å². The molecule has 0 amide bonds. The summed E-state index contributed by atoms with van der Waals surface area (Å²) in [6, 6.07) is 5.54. The van der Waals surface area contributed by atoms with Gasteiger partial charge in [-0.1, -0.05) is 29.3 Å². The average molecular weight is 516 g/mol. The van der Waals surface area contributed by atoms with Gasteiger partial charge in [0.25, 0.3) is 0 Å². The van der Waals surface area contributed by atoms with Crippen molar-refractivity contribution in [1.29, 1.82) is 0 Å². The summed E-state index contributed by atoms with van der Waals surface area (Å²) in [4.78, 5) is 4.70. The summed E-state index contributed by atoms with van der Waals surface area (Å²) in [6.07, 6.45) is 2.37. The molecule has 0 aromatic heterocycles. The highest BCUT2D eigenvalue weighted by atomic mass is 127. The molecule has 1 aliphatic heterocycles. The summed E-state index contributed by atoms with van der Waals surface area (Å²) in [7, 11) is 0. The van der Waals surface area contributed by atoms with Crippen molar-refractivity contribution in [3.63, 3.8) is 0 Å². The number of benzene rings is 1. The third-order valence-electron chi connectivity index (χ3n) is 4.47. The molecule has 1 fully saturated rings. The monoisotopic (exact) mass is 515 g/mol. The van der Waals surface area contributed by atoms with Crippen molar-refractivity contribution >= 4 is 53.1 Å². The number of halogens is 3. The fraction of sp³-hybridized carbons (Fsp3) is 0.611. The quantitative estimate of drug-likeness (QED) is 0.281. The van der Waals surface area contributed by atoms with Crippen LogP contribution in [0.1, 0.15) is 25.3 Å². The van der Waals surface area contributed by atoms with Gasteiger partial charge in [-0.15, -0.1) is 24.0 Å². The normalized spacial score (nSPS) is 19.9. The number of aliphatic hydroxyl groups excluding tert-OH is 1. The molecule has 1 unspecified atom stereocenters. The minimum absolute atomic E-state index is 0. The second kappa shape index (κ2) is 12.2. The molecule has 2 rings (SSSR count). The molecule has 0 radical (unpaired) electrons. The van der Waals surface area contributed by atoms with Crippen LogP contribution in [0.3, 0.4) is 0 Å². The maximum atomic E-state index is 9.32. The van der Waals surface area contributed by atoms with E-state index in [-0.39, 0.29) is 36.0 Å². The number of guanidine groups is 1. The second-order valence-electron chi connectivity index (χ2n) is 6.35. The Kier molecular flexibility index (Phi) is 11.2. The summed E-state index contributed by atoms with van der Waals surface area (Å²) in [6.45, 7) is 5.69. The number of hydrogen-bond acceptors (Lipinski definition) is 3. The molecule has 1 aliphatic rings. The Morgan fingerprint density at radius 3 is 2.62 bits per heavy atom. The van der Waals surface area contributed by atoms with Gasteiger partial charge in [0, 0.05) is 41.8 Å². The fourth-order valence-electron chi connectivity index (χ4n) is 2.95. The van der Waals surface area contributed by atoms with Crippen molar-refractivity contribution in [3.05, 3.63) is 33.8 Å². The van der Waals surface area contributed by atoms with Gasteiger partial charge in [0.05, 0.1) is 13.2 Å². The largest absolute Gasteiger partial charge is 0.396 e. The molecule has 1 atom stereocenters.